The highest BCUT2D eigenvalue weighted by atomic mass is 16.5. The zero-order chi connectivity index (χ0) is 23.2. The highest BCUT2D eigenvalue weighted by molar-refractivity contribution is 5.93. The van der Waals surface area contributed by atoms with E-state index in [-0.39, 0.29) is 19.0 Å². The molecule has 0 bridgehead atoms. The van der Waals surface area contributed by atoms with Gasteiger partial charge in [-0.1, -0.05) is 12.1 Å². The minimum absolute atomic E-state index is 0.102. The number of fused-ring (bicyclic) bond motifs is 1. The number of carbonyl (C=O) groups excluding carboxylic acids is 1. The number of methoxy groups -OCH3 is 1. The largest absolute Gasteiger partial charge is 0.493 e. The van der Waals surface area contributed by atoms with Crippen LogP contribution < -0.4 is 15.2 Å². The van der Waals surface area contributed by atoms with E-state index in [0.717, 1.165) is 33.4 Å². The van der Waals surface area contributed by atoms with Gasteiger partial charge in [0.2, 0.25) is 0 Å². The molecular formula is C26H26N2O5. The molecule has 0 spiro atoms. The molecule has 0 atom stereocenters. The second-order valence-electron chi connectivity index (χ2n) is 7.44. The lowest BCUT2D eigenvalue weighted by atomic mass is 10.0. The van der Waals surface area contributed by atoms with Crippen molar-refractivity contribution >= 4 is 16.9 Å². The number of carbonyl (C=O) groups is 1. The van der Waals surface area contributed by atoms with Crippen molar-refractivity contribution in [1.82, 2.24) is 4.98 Å². The van der Waals surface area contributed by atoms with Gasteiger partial charge >= 0.3 is 5.97 Å². The Morgan fingerprint density at radius 1 is 1.15 bits per heavy atom. The van der Waals surface area contributed by atoms with Gasteiger partial charge in [-0.25, -0.2) is 0 Å². The Labute approximate surface area is 192 Å². The van der Waals surface area contributed by atoms with Crippen LogP contribution in [0.15, 0.2) is 65.4 Å². The first-order valence-electron chi connectivity index (χ1n) is 10.7. The molecular weight excluding hydrogens is 420 g/mol. The van der Waals surface area contributed by atoms with Crippen LogP contribution in [-0.2, 0) is 29.1 Å². The van der Waals surface area contributed by atoms with Gasteiger partial charge in [0.05, 0.1) is 32.1 Å². The molecule has 0 aliphatic rings. The lowest BCUT2D eigenvalue weighted by molar-refractivity contribution is -0.142. The Balaban J connectivity index is 1.66. The van der Waals surface area contributed by atoms with Crippen molar-refractivity contribution in [2.75, 3.05) is 13.7 Å². The van der Waals surface area contributed by atoms with Crippen molar-refractivity contribution < 1.29 is 23.4 Å². The van der Waals surface area contributed by atoms with Crippen LogP contribution in [0.4, 0.5) is 0 Å². The van der Waals surface area contributed by atoms with E-state index in [4.69, 9.17) is 24.4 Å². The Kier molecular flexibility index (Phi) is 6.90. The second-order valence-corrected chi connectivity index (χ2v) is 7.44. The predicted molar refractivity (Wildman–Crippen MR) is 125 cm³/mol. The number of aromatic nitrogens is 1. The van der Waals surface area contributed by atoms with E-state index < -0.39 is 0 Å². The SMILES string of the molecule is CCOC(=O)Cc1cccc(OC)c1OCc1cc(-c2ccnc(CN)c2)c2occc2c1. The van der Waals surface area contributed by atoms with Gasteiger partial charge in [-0.05, 0) is 54.4 Å². The van der Waals surface area contributed by atoms with Crippen LogP contribution >= 0.6 is 0 Å². The molecule has 2 heterocycles. The van der Waals surface area contributed by atoms with Gasteiger partial charge in [0, 0.05) is 29.3 Å². The van der Waals surface area contributed by atoms with Crippen LogP contribution in [0.1, 0.15) is 23.7 Å². The Morgan fingerprint density at radius 3 is 2.82 bits per heavy atom. The third-order valence-electron chi connectivity index (χ3n) is 5.25. The second kappa shape index (κ2) is 10.2. The van der Waals surface area contributed by atoms with Crippen LogP contribution in [0, 0.1) is 0 Å². The third-order valence-corrected chi connectivity index (χ3v) is 5.25. The van der Waals surface area contributed by atoms with Crippen molar-refractivity contribution in [3.63, 3.8) is 0 Å². The van der Waals surface area contributed by atoms with E-state index in [0.29, 0.717) is 30.2 Å². The van der Waals surface area contributed by atoms with Gasteiger partial charge in [-0.3, -0.25) is 9.78 Å². The highest BCUT2D eigenvalue weighted by Crippen LogP contribution is 2.34. The van der Waals surface area contributed by atoms with Crippen LogP contribution in [0.3, 0.4) is 0 Å². The van der Waals surface area contributed by atoms with E-state index >= 15 is 0 Å². The fraction of sp³-hybridized carbons (Fsp3) is 0.231. The Morgan fingerprint density at radius 2 is 2.03 bits per heavy atom. The summed E-state index contributed by atoms with van der Waals surface area (Å²) in [5.74, 6) is 0.769. The molecule has 0 aliphatic carbocycles. The number of esters is 1. The fourth-order valence-corrected chi connectivity index (χ4v) is 3.75. The summed E-state index contributed by atoms with van der Waals surface area (Å²) >= 11 is 0. The summed E-state index contributed by atoms with van der Waals surface area (Å²) in [6.45, 7) is 2.74. The van der Waals surface area contributed by atoms with Gasteiger partial charge in [0.25, 0.3) is 0 Å². The zero-order valence-electron chi connectivity index (χ0n) is 18.7. The summed E-state index contributed by atoms with van der Waals surface area (Å²) < 4.78 is 22.5. The quantitative estimate of drug-likeness (QED) is 0.374. The lowest BCUT2D eigenvalue weighted by Gasteiger charge is -2.15. The first kappa shape index (κ1) is 22.4. The molecule has 4 aromatic rings. The Bertz CT molecular complexity index is 1260. The van der Waals surface area contributed by atoms with E-state index in [1.165, 1.54) is 0 Å². The first-order valence-corrected chi connectivity index (χ1v) is 10.7. The number of ether oxygens (including phenoxy) is 3. The average molecular weight is 447 g/mol. The summed E-state index contributed by atoms with van der Waals surface area (Å²) in [4.78, 5) is 16.3. The van der Waals surface area contributed by atoms with Crippen LogP contribution in [-0.4, -0.2) is 24.7 Å². The smallest absolute Gasteiger partial charge is 0.310 e. The topological polar surface area (TPSA) is 96.8 Å². The highest BCUT2D eigenvalue weighted by Gasteiger charge is 2.16. The molecule has 7 nitrogen and oxygen atoms in total. The predicted octanol–water partition coefficient (Wildman–Crippen LogP) is 4.65. The van der Waals surface area contributed by atoms with Gasteiger partial charge in [-0.15, -0.1) is 0 Å². The minimum atomic E-state index is -0.314. The van der Waals surface area contributed by atoms with E-state index in [9.17, 15) is 4.79 Å². The molecule has 4 rings (SSSR count). The standard InChI is InChI=1S/C26H26N2O5/c1-3-31-24(29)14-19-5-4-6-23(30-2)26(19)33-16-17-11-20-8-10-32-25(20)22(12-17)18-7-9-28-21(13-18)15-27/h4-13H,3,14-16,27H2,1-2H3. The molecule has 2 aromatic carbocycles. The molecule has 33 heavy (non-hydrogen) atoms. The molecule has 0 amide bonds. The number of furan rings is 1. The molecule has 0 unspecified atom stereocenters. The van der Waals surface area contributed by atoms with Crippen molar-refractivity contribution in [2.24, 2.45) is 5.73 Å². The van der Waals surface area contributed by atoms with Crippen LogP contribution in [0.5, 0.6) is 11.5 Å². The fourth-order valence-electron chi connectivity index (χ4n) is 3.75. The Hall–Kier alpha value is -3.84. The average Bonchev–Trinajstić information content (AvgIpc) is 3.31. The number of hydrogen-bond acceptors (Lipinski definition) is 7. The summed E-state index contributed by atoms with van der Waals surface area (Å²) in [6, 6.07) is 15.3. The van der Waals surface area contributed by atoms with Crippen molar-refractivity contribution in [2.45, 2.75) is 26.5 Å². The first-order chi connectivity index (χ1) is 16.1. The number of nitrogens with zero attached hydrogens (tertiary/aromatic N) is 1. The zero-order valence-corrected chi connectivity index (χ0v) is 18.7. The van der Waals surface area contributed by atoms with E-state index in [2.05, 4.69) is 4.98 Å². The molecule has 170 valence electrons. The number of hydrogen-bond donors (Lipinski definition) is 1. The maximum atomic E-state index is 12.1. The molecule has 7 heteroatoms. The molecule has 0 saturated heterocycles. The number of rotatable bonds is 9. The van der Waals surface area contributed by atoms with Gasteiger partial charge in [0.15, 0.2) is 11.5 Å². The number of benzene rings is 2. The summed E-state index contributed by atoms with van der Waals surface area (Å²) in [7, 11) is 1.57. The maximum Gasteiger partial charge on any atom is 0.310 e. The third kappa shape index (κ3) is 4.99. The molecule has 2 N–H and O–H groups in total. The molecule has 0 saturated carbocycles. The summed E-state index contributed by atoms with van der Waals surface area (Å²) in [5, 5.41) is 0.962. The normalized spacial score (nSPS) is 10.9. The summed E-state index contributed by atoms with van der Waals surface area (Å²) in [5.41, 5.74) is 10.9. The molecule has 0 fully saturated rings. The van der Waals surface area contributed by atoms with E-state index in [1.54, 1.807) is 32.6 Å². The van der Waals surface area contributed by atoms with Gasteiger partial charge in [-0.2, -0.15) is 0 Å². The number of para-hydroxylation sites is 1. The van der Waals surface area contributed by atoms with Crippen LogP contribution in [0.2, 0.25) is 0 Å². The monoisotopic (exact) mass is 446 g/mol. The molecule has 2 aromatic heterocycles. The molecule has 0 aliphatic heterocycles. The maximum absolute atomic E-state index is 12.1. The molecule has 0 radical (unpaired) electrons. The van der Waals surface area contributed by atoms with Crippen LogP contribution in [0.25, 0.3) is 22.1 Å². The summed E-state index contributed by atoms with van der Waals surface area (Å²) in [6.07, 6.45) is 3.51. The van der Waals surface area contributed by atoms with Crippen molar-refractivity contribution in [3.05, 3.63) is 77.8 Å². The number of pyridine rings is 1. The van der Waals surface area contributed by atoms with E-state index in [1.807, 2.05) is 42.5 Å². The lowest BCUT2D eigenvalue weighted by Crippen LogP contribution is -2.09. The van der Waals surface area contributed by atoms with Gasteiger partial charge in [0.1, 0.15) is 12.2 Å². The number of nitrogens with two attached hydrogens (primary N) is 1. The van der Waals surface area contributed by atoms with Crippen molar-refractivity contribution in [1.29, 1.82) is 0 Å². The van der Waals surface area contributed by atoms with Crippen molar-refractivity contribution in [3.8, 4) is 22.6 Å². The van der Waals surface area contributed by atoms with Gasteiger partial charge < -0.3 is 24.4 Å². The minimum Gasteiger partial charge on any atom is -0.493 e.